The molecule has 1 amide bonds. The van der Waals surface area contributed by atoms with Gasteiger partial charge in [0.1, 0.15) is 11.5 Å². The highest BCUT2D eigenvalue weighted by atomic mass is 19.4. The van der Waals surface area contributed by atoms with Crippen LogP contribution in [0.1, 0.15) is 5.56 Å². The van der Waals surface area contributed by atoms with Gasteiger partial charge in [-0.15, -0.1) is 0 Å². The van der Waals surface area contributed by atoms with Crippen molar-refractivity contribution >= 4 is 5.91 Å². The third-order valence-corrected chi connectivity index (χ3v) is 2.58. The molecule has 0 aliphatic heterocycles. The topological polar surface area (TPSA) is 59.6 Å². The van der Waals surface area contributed by atoms with Crippen molar-refractivity contribution in [3.63, 3.8) is 0 Å². The summed E-state index contributed by atoms with van der Waals surface area (Å²) in [5.41, 5.74) is 0.697. The minimum Gasteiger partial charge on any atom is -0.497 e. The molecule has 5 nitrogen and oxygen atoms in total. The van der Waals surface area contributed by atoms with Crippen LogP contribution in [0.4, 0.5) is 13.2 Å². The van der Waals surface area contributed by atoms with Gasteiger partial charge >= 0.3 is 6.18 Å². The van der Waals surface area contributed by atoms with Gasteiger partial charge in [0, 0.05) is 18.2 Å². The molecule has 1 aromatic carbocycles. The summed E-state index contributed by atoms with van der Waals surface area (Å²) in [5, 5.41) is 4.53. The van der Waals surface area contributed by atoms with Crippen molar-refractivity contribution in [1.29, 1.82) is 0 Å². The average molecular weight is 306 g/mol. The number of methoxy groups -OCH3 is 2. The number of nitrogens with one attached hydrogen (secondary N) is 2. The van der Waals surface area contributed by atoms with Gasteiger partial charge in [0.15, 0.2) is 0 Å². The average Bonchev–Trinajstić information content (AvgIpc) is 2.43. The third-order valence-electron chi connectivity index (χ3n) is 2.58. The number of hydrogen-bond donors (Lipinski definition) is 2. The van der Waals surface area contributed by atoms with E-state index in [0.29, 0.717) is 17.1 Å². The van der Waals surface area contributed by atoms with Gasteiger partial charge in [-0.3, -0.25) is 4.79 Å². The Hall–Kier alpha value is -1.96. The third kappa shape index (κ3) is 6.35. The van der Waals surface area contributed by atoms with Crippen LogP contribution in [-0.4, -0.2) is 39.4 Å². The highest BCUT2D eigenvalue weighted by Crippen LogP contribution is 2.24. The lowest BCUT2D eigenvalue weighted by atomic mass is 10.2. The number of carbonyl (C=O) groups excluding carboxylic acids is 1. The molecule has 1 aromatic rings. The SMILES string of the molecule is COc1ccc(CNC(=O)CNCC(F)(F)F)c(OC)c1. The van der Waals surface area contributed by atoms with Crippen LogP contribution in [0, 0.1) is 0 Å². The number of hydrogen-bond acceptors (Lipinski definition) is 4. The molecule has 0 saturated heterocycles. The summed E-state index contributed by atoms with van der Waals surface area (Å²) in [4.78, 5) is 11.4. The van der Waals surface area contributed by atoms with Crippen molar-refractivity contribution in [2.75, 3.05) is 27.3 Å². The van der Waals surface area contributed by atoms with E-state index in [0.717, 1.165) is 0 Å². The van der Waals surface area contributed by atoms with Gasteiger partial charge in [0.2, 0.25) is 5.91 Å². The second-order valence-electron chi connectivity index (χ2n) is 4.17. The molecule has 118 valence electrons. The summed E-state index contributed by atoms with van der Waals surface area (Å²) in [5.74, 6) is 0.601. The molecule has 2 N–H and O–H groups in total. The first-order valence-electron chi connectivity index (χ1n) is 6.11. The summed E-state index contributed by atoms with van der Waals surface area (Å²) in [6.07, 6.45) is -4.33. The van der Waals surface area contributed by atoms with Crippen LogP contribution in [0.5, 0.6) is 11.5 Å². The highest BCUT2D eigenvalue weighted by Gasteiger charge is 2.26. The highest BCUT2D eigenvalue weighted by molar-refractivity contribution is 5.78. The Kier molecular flexibility index (Phi) is 6.29. The molecule has 21 heavy (non-hydrogen) atoms. The smallest absolute Gasteiger partial charge is 0.401 e. The van der Waals surface area contributed by atoms with E-state index in [4.69, 9.17) is 9.47 Å². The van der Waals surface area contributed by atoms with E-state index in [1.807, 2.05) is 5.32 Å². The Balaban J connectivity index is 2.46. The molecule has 0 atom stereocenters. The molecule has 0 bridgehead atoms. The van der Waals surface area contributed by atoms with E-state index in [1.165, 1.54) is 14.2 Å². The van der Waals surface area contributed by atoms with Crippen molar-refractivity contribution < 1.29 is 27.4 Å². The fraction of sp³-hybridized carbons (Fsp3) is 0.462. The zero-order valence-electron chi connectivity index (χ0n) is 11.7. The van der Waals surface area contributed by atoms with Gasteiger partial charge < -0.3 is 20.1 Å². The van der Waals surface area contributed by atoms with Crippen molar-refractivity contribution in [3.8, 4) is 11.5 Å². The van der Waals surface area contributed by atoms with E-state index in [9.17, 15) is 18.0 Å². The van der Waals surface area contributed by atoms with E-state index in [-0.39, 0.29) is 6.54 Å². The summed E-state index contributed by atoms with van der Waals surface area (Å²) in [6, 6.07) is 5.07. The van der Waals surface area contributed by atoms with E-state index < -0.39 is 25.2 Å². The second kappa shape index (κ2) is 7.72. The van der Waals surface area contributed by atoms with Gasteiger partial charge in [-0.05, 0) is 12.1 Å². The summed E-state index contributed by atoms with van der Waals surface area (Å²) in [6.45, 7) is -1.45. The number of alkyl halides is 3. The second-order valence-corrected chi connectivity index (χ2v) is 4.17. The number of benzene rings is 1. The Bertz CT molecular complexity index is 478. The zero-order valence-corrected chi connectivity index (χ0v) is 11.7. The van der Waals surface area contributed by atoms with Gasteiger partial charge in [0.05, 0.1) is 27.3 Å². The van der Waals surface area contributed by atoms with Crippen LogP contribution in [0.3, 0.4) is 0 Å². The van der Waals surface area contributed by atoms with Crippen molar-refractivity contribution in [1.82, 2.24) is 10.6 Å². The Morgan fingerprint density at radius 1 is 1.24 bits per heavy atom. The molecule has 0 unspecified atom stereocenters. The van der Waals surface area contributed by atoms with Crippen molar-refractivity contribution in [3.05, 3.63) is 23.8 Å². The van der Waals surface area contributed by atoms with Gasteiger partial charge in [-0.2, -0.15) is 13.2 Å². The maximum Gasteiger partial charge on any atom is 0.401 e. The molecule has 0 saturated carbocycles. The van der Waals surface area contributed by atoms with Gasteiger partial charge in [-0.25, -0.2) is 0 Å². The monoisotopic (exact) mass is 306 g/mol. The normalized spacial score (nSPS) is 11.1. The molecule has 0 aromatic heterocycles. The van der Waals surface area contributed by atoms with E-state index >= 15 is 0 Å². The lowest BCUT2D eigenvalue weighted by molar-refractivity contribution is -0.128. The first kappa shape index (κ1) is 17.1. The van der Waals surface area contributed by atoms with E-state index in [2.05, 4.69) is 5.32 Å². The molecule has 0 heterocycles. The number of carbonyl (C=O) groups is 1. The first-order chi connectivity index (χ1) is 9.85. The Morgan fingerprint density at radius 2 is 1.95 bits per heavy atom. The lowest BCUT2D eigenvalue weighted by Gasteiger charge is -2.12. The Morgan fingerprint density at radius 3 is 2.52 bits per heavy atom. The van der Waals surface area contributed by atoms with Crippen LogP contribution in [0.2, 0.25) is 0 Å². The zero-order chi connectivity index (χ0) is 15.9. The summed E-state index contributed by atoms with van der Waals surface area (Å²) >= 11 is 0. The quantitative estimate of drug-likeness (QED) is 0.801. The van der Waals surface area contributed by atoms with E-state index in [1.54, 1.807) is 18.2 Å². The number of ether oxygens (including phenoxy) is 2. The number of rotatable bonds is 7. The molecule has 1 rings (SSSR count). The fourth-order valence-electron chi connectivity index (χ4n) is 1.57. The maximum atomic E-state index is 11.9. The van der Waals surface area contributed by atoms with Gasteiger partial charge in [0.25, 0.3) is 0 Å². The van der Waals surface area contributed by atoms with Crippen molar-refractivity contribution in [2.24, 2.45) is 0 Å². The minimum absolute atomic E-state index is 0.152. The number of amides is 1. The molecule has 0 aliphatic rings. The minimum atomic E-state index is -4.33. The molecule has 0 spiro atoms. The summed E-state index contributed by atoms with van der Waals surface area (Å²) in [7, 11) is 2.99. The molecule has 0 radical (unpaired) electrons. The summed E-state index contributed by atoms with van der Waals surface area (Å²) < 4.78 is 45.9. The molecule has 0 aliphatic carbocycles. The first-order valence-corrected chi connectivity index (χ1v) is 6.11. The van der Waals surface area contributed by atoms with Crippen molar-refractivity contribution in [2.45, 2.75) is 12.7 Å². The predicted molar refractivity (Wildman–Crippen MR) is 70.3 cm³/mol. The molecule has 0 fully saturated rings. The molecular weight excluding hydrogens is 289 g/mol. The fourth-order valence-corrected chi connectivity index (χ4v) is 1.57. The van der Waals surface area contributed by atoms with Crippen LogP contribution >= 0.6 is 0 Å². The van der Waals surface area contributed by atoms with Crippen LogP contribution < -0.4 is 20.1 Å². The molecule has 8 heteroatoms. The van der Waals surface area contributed by atoms with Crippen LogP contribution in [0.15, 0.2) is 18.2 Å². The van der Waals surface area contributed by atoms with Crippen LogP contribution in [-0.2, 0) is 11.3 Å². The largest absolute Gasteiger partial charge is 0.497 e. The maximum absolute atomic E-state index is 11.9. The Labute approximate surface area is 120 Å². The van der Waals surface area contributed by atoms with Gasteiger partial charge in [-0.1, -0.05) is 0 Å². The van der Waals surface area contributed by atoms with Crippen LogP contribution in [0.25, 0.3) is 0 Å². The molecular formula is C13H17F3N2O3. The standard InChI is InChI=1S/C13H17F3N2O3/c1-20-10-4-3-9(11(5-10)21-2)6-18-12(19)7-17-8-13(14,15)16/h3-5,17H,6-8H2,1-2H3,(H,18,19). The number of halogens is 3. The predicted octanol–water partition coefficient (Wildman–Crippen LogP) is 1.47. The lowest BCUT2D eigenvalue weighted by Crippen LogP contribution is -2.38.